The number of amides is 1. The quantitative estimate of drug-likeness (QED) is 0.744. The second-order valence-corrected chi connectivity index (χ2v) is 4.63. The van der Waals surface area contributed by atoms with E-state index in [1.54, 1.807) is 25.1 Å². The Morgan fingerprint density at radius 1 is 1.42 bits per heavy atom. The van der Waals surface area contributed by atoms with Crippen molar-refractivity contribution in [1.29, 1.82) is 0 Å². The third kappa shape index (κ3) is 2.71. The molecule has 7 heteroatoms. The Bertz CT molecular complexity index is 651. The van der Waals surface area contributed by atoms with Crippen LogP contribution in [0.3, 0.4) is 0 Å². The molecule has 0 atom stereocenters. The molecule has 0 aliphatic heterocycles. The van der Waals surface area contributed by atoms with Crippen LogP contribution >= 0.6 is 11.5 Å². The minimum atomic E-state index is -1.12. The lowest BCUT2D eigenvalue weighted by Crippen LogP contribution is -2.13. The highest BCUT2D eigenvalue weighted by molar-refractivity contribution is 7.11. The number of hydrogen-bond donors (Lipinski definition) is 3. The van der Waals surface area contributed by atoms with E-state index in [0.717, 1.165) is 11.5 Å². The van der Waals surface area contributed by atoms with Gasteiger partial charge < -0.3 is 16.2 Å². The normalized spacial score (nSPS) is 10.2. The number of aromatic nitrogens is 1. The summed E-state index contributed by atoms with van der Waals surface area (Å²) in [6, 6.07) is 6.43. The van der Waals surface area contributed by atoms with Gasteiger partial charge in [0, 0.05) is 11.3 Å². The number of benzene rings is 1. The first-order valence-corrected chi connectivity index (χ1v) is 6.13. The predicted octanol–water partition coefficient (Wildman–Crippen LogP) is 1.98. The van der Waals surface area contributed by atoms with Crippen molar-refractivity contribution in [2.45, 2.75) is 6.92 Å². The van der Waals surface area contributed by atoms with Gasteiger partial charge in [-0.3, -0.25) is 4.79 Å². The molecule has 6 nitrogen and oxygen atoms in total. The summed E-state index contributed by atoms with van der Waals surface area (Å²) in [4.78, 5) is 23.0. The minimum absolute atomic E-state index is 0.0160. The van der Waals surface area contributed by atoms with Crippen LogP contribution in [0.5, 0.6) is 0 Å². The maximum atomic E-state index is 12.0. The molecular weight excluding hydrogens is 266 g/mol. The Hall–Kier alpha value is -2.41. The molecule has 0 radical (unpaired) electrons. The van der Waals surface area contributed by atoms with E-state index in [0.29, 0.717) is 16.9 Å². The SMILES string of the molecule is Cc1nsc(NC(=O)c2cccc(N)c2)c1C(=O)O. The van der Waals surface area contributed by atoms with E-state index in [-0.39, 0.29) is 10.6 Å². The molecule has 1 heterocycles. The first-order valence-electron chi connectivity index (χ1n) is 5.35. The van der Waals surface area contributed by atoms with E-state index in [2.05, 4.69) is 9.69 Å². The zero-order valence-electron chi connectivity index (χ0n) is 10.0. The van der Waals surface area contributed by atoms with Gasteiger partial charge >= 0.3 is 5.97 Å². The number of carboxylic acids is 1. The predicted molar refractivity (Wildman–Crippen MR) is 72.6 cm³/mol. The lowest BCUT2D eigenvalue weighted by Gasteiger charge is -2.04. The van der Waals surface area contributed by atoms with Gasteiger partial charge in [0.1, 0.15) is 10.6 Å². The standard InChI is InChI=1S/C12H11N3O3S/c1-6-9(12(17)18)11(19-15-6)14-10(16)7-3-2-4-8(13)5-7/h2-5H,13H2,1H3,(H,14,16)(H,17,18). The van der Waals surface area contributed by atoms with Crippen LogP contribution in [0.25, 0.3) is 0 Å². The van der Waals surface area contributed by atoms with Crippen LogP contribution in [0.2, 0.25) is 0 Å². The van der Waals surface area contributed by atoms with Crippen molar-refractivity contribution in [1.82, 2.24) is 4.37 Å². The fraction of sp³-hybridized carbons (Fsp3) is 0.0833. The smallest absolute Gasteiger partial charge is 0.340 e. The molecule has 0 unspecified atom stereocenters. The zero-order chi connectivity index (χ0) is 14.0. The van der Waals surface area contributed by atoms with Crippen molar-refractivity contribution < 1.29 is 14.7 Å². The number of aryl methyl sites for hydroxylation is 1. The van der Waals surface area contributed by atoms with E-state index < -0.39 is 11.9 Å². The van der Waals surface area contributed by atoms with Crippen LogP contribution in [-0.2, 0) is 0 Å². The highest BCUT2D eigenvalue weighted by Gasteiger charge is 2.19. The Morgan fingerprint density at radius 3 is 2.79 bits per heavy atom. The van der Waals surface area contributed by atoms with Crippen LogP contribution in [-0.4, -0.2) is 21.4 Å². The molecule has 98 valence electrons. The fourth-order valence-electron chi connectivity index (χ4n) is 1.56. The number of carboxylic acid groups (broad SMARTS) is 1. The lowest BCUT2D eigenvalue weighted by molar-refractivity contribution is 0.0697. The Labute approximate surface area is 113 Å². The van der Waals surface area contributed by atoms with Gasteiger partial charge in [-0.15, -0.1) is 0 Å². The molecule has 2 aromatic rings. The van der Waals surface area contributed by atoms with Gasteiger partial charge in [-0.2, -0.15) is 4.37 Å². The van der Waals surface area contributed by atoms with E-state index >= 15 is 0 Å². The van der Waals surface area contributed by atoms with Crippen molar-refractivity contribution in [2.24, 2.45) is 0 Å². The molecule has 19 heavy (non-hydrogen) atoms. The highest BCUT2D eigenvalue weighted by Crippen LogP contribution is 2.25. The molecule has 0 saturated carbocycles. The summed E-state index contributed by atoms with van der Waals surface area (Å²) in [6.45, 7) is 1.58. The summed E-state index contributed by atoms with van der Waals surface area (Å²) < 4.78 is 3.92. The molecule has 0 spiro atoms. The summed E-state index contributed by atoms with van der Waals surface area (Å²) in [7, 11) is 0. The summed E-state index contributed by atoms with van der Waals surface area (Å²) in [5.74, 6) is -1.53. The van der Waals surface area contributed by atoms with E-state index in [1.807, 2.05) is 0 Å². The largest absolute Gasteiger partial charge is 0.478 e. The topological polar surface area (TPSA) is 105 Å². The fourth-order valence-corrected chi connectivity index (χ4v) is 2.35. The van der Waals surface area contributed by atoms with Crippen LogP contribution in [0.4, 0.5) is 10.7 Å². The molecule has 4 N–H and O–H groups in total. The maximum Gasteiger partial charge on any atom is 0.340 e. The van der Waals surface area contributed by atoms with Gasteiger partial charge in [0.05, 0.1) is 5.69 Å². The van der Waals surface area contributed by atoms with Crippen molar-refractivity contribution in [3.63, 3.8) is 0 Å². The van der Waals surface area contributed by atoms with Crippen LogP contribution in [0.15, 0.2) is 24.3 Å². The van der Waals surface area contributed by atoms with Crippen LogP contribution < -0.4 is 11.1 Å². The second kappa shape index (κ2) is 5.07. The number of aromatic carboxylic acids is 1. The van der Waals surface area contributed by atoms with Gasteiger partial charge in [0.2, 0.25) is 0 Å². The summed E-state index contributed by atoms with van der Waals surface area (Å²) in [6.07, 6.45) is 0. The summed E-state index contributed by atoms with van der Waals surface area (Å²) in [5, 5.41) is 11.8. The third-order valence-corrected chi connectivity index (χ3v) is 3.31. The van der Waals surface area contributed by atoms with Crippen molar-refractivity contribution in [2.75, 3.05) is 11.1 Å². The minimum Gasteiger partial charge on any atom is -0.478 e. The molecule has 0 bridgehead atoms. The van der Waals surface area contributed by atoms with Gasteiger partial charge in [-0.1, -0.05) is 6.07 Å². The van der Waals surface area contributed by atoms with Crippen LogP contribution in [0, 0.1) is 6.92 Å². The molecule has 1 amide bonds. The monoisotopic (exact) mass is 277 g/mol. The number of anilines is 2. The number of nitrogens with two attached hydrogens (primary N) is 1. The van der Waals surface area contributed by atoms with Crippen LogP contribution in [0.1, 0.15) is 26.4 Å². The number of rotatable bonds is 3. The molecule has 0 aliphatic carbocycles. The second-order valence-electron chi connectivity index (χ2n) is 3.86. The first-order chi connectivity index (χ1) is 8.99. The molecule has 1 aromatic heterocycles. The average Bonchev–Trinajstić information content (AvgIpc) is 2.70. The summed E-state index contributed by atoms with van der Waals surface area (Å²) >= 11 is 0.938. The summed E-state index contributed by atoms with van der Waals surface area (Å²) in [5.41, 5.74) is 6.81. The van der Waals surface area contributed by atoms with E-state index in [1.165, 1.54) is 6.07 Å². The molecule has 0 fully saturated rings. The molecule has 1 aromatic carbocycles. The third-order valence-electron chi connectivity index (χ3n) is 2.45. The van der Waals surface area contributed by atoms with Gasteiger partial charge in [-0.25, -0.2) is 4.79 Å². The van der Waals surface area contributed by atoms with Crippen molar-refractivity contribution in [3.05, 3.63) is 41.1 Å². The first kappa shape index (κ1) is 13.0. The number of nitrogens with zero attached hydrogens (tertiary/aromatic N) is 1. The molecule has 2 rings (SSSR count). The van der Waals surface area contributed by atoms with E-state index in [9.17, 15) is 9.59 Å². The van der Waals surface area contributed by atoms with Gasteiger partial charge in [0.15, 0.2) is 0 Å². The maximum absolute atomic E-state index is 12.0. The number of carbonyl (C=O) groups is 2. The highest BCUT2D eigenvalue weighted by atomic mass is 32.1. The van der Waals surface area contributed by atoms with Crippen molar-refractivity contribution in [3.8, 4) is 0 Å². The molecular formula is C12H11N3O3S. The lowest BCUT2D eigenvalue weighted by atomic mass is 10.2. The average molecular weight is 277 g/mol. The number of hydrogen-bond acceptors (Lipinski definition) is 5. The molecule has 0 aliphatic rings. The van der Waals surface area contributed by atoms with E-state index in [4.69, 9.17) is 10.8 Å². The van der Waals surface area contributed by atoms with Gasteiger partial charge in [0.25, 0.3) is 5.91 Å². The van der Waals surface area contributed by atoms with Gasteiger partial charge in [-0.05, 0) is 36.7 Å². The van der Waals surface area contributed by atoms with Crippen molar-refractivity contribution >= 4 is 34.1 Å². The Balaban J connectivity index is 2.27. The Kier molecular flexibility index (Phi) is 3.48. The Morgan fingerprint density at radius 2 is 2.16 bits per heavy atom. The molecule has 0 saturated heterocycles. The zero-order valence-corrected chi connectivity index (χ0v) is 10.8. The number of nitrogen functional groups attached to an aromatic ring is 1. The number of carbonyl (C=O) groups excluding carboxylic acids is 1. The number of nitrogens with one attached hydrogen (secondary N) is 1.